The van der Waals surface area contributed by atoms with Gasteiger partial charge in [0.05, 0.1) is 0 Å². The Morgan fingerprint density at radius 2 is 1.67 bits per heavy atom. The first-order valence-electron chi connectivity index (χ1n) is 7.12. The number of nitrogens with one attached hydrogen (secondary N) is 1. The van der Waals surface area contributed by atoms with Gasteiger partial charge in [0, 0.05) is 6.54 Å². The van der Waals surface area contributed by atoms with Crippen molar-refractivity contribution in [3.05, 3.63) is 71.5 Å². The third-order valence-corrected chi connectivity index (χ3v) is 3.87. The van der Waals surface area contributed by atoms with Gasteiger partial charge in [0.25, 0.3) is 0 Å². The molecular weight excluding hydrogens is 261 g/mol. The normalized spacial score (nSPS) is 11.0. The Kier molecular flexibility index (Phi) is 3.72. The first kappa shape index (κ1) is 13.8. The average Bonchev–Trinajstić information content (AvgIpc) is 2.50. The molecule has 0 saturated carbocycles. The quantitative estimate of drug-likeness (QED) is 0.734. The van der Waals surface area contributed by atoms with Gasteiger partial charge in [-0.25, -0.2) is 4.39 Å². The van der Waals surface area contributed by atoms with E-state index < -0.39 is 0 Å². The summed E-state index contributed by atoms with van der Waals surface area (Å²) in [5.41, 5.74) is 4.38. The molecule has 3 aromatic rings. The van der Waals surface area contributed by atoms with E-state index in [0.29, 0.717) is 0 Å². The van der Waals surface area contributed by atoms with Crippen molar-refractivity contribution in [2.45, 2.75) is 13.5 Å². The number of aryl methyl sites for hydroxylation is 1. The molecule has 0 spiro atoms. The maximum atomic E-state index is 13.7. The Balaban J connectivity index is 2.30. The van der Waals surface area contributed by atoms with Crippen LogP contribution in [0.1, 0.15) is 11.1 Å². The highest BCUT2D eigenvalue weighted by molar-refractivity contribution is 5.99. The minimum absolute atomic E-state index is 0.200. The summed E-state index contributed by atoms with van der Waals surface area (Å²) in [7, 11) is 1.90. The van der Waals surface area contributed by atoms with E-state index in [1.54, 1.807) is 6.07 Å². The summed E-state index contributed by atoms with van der Waals surface area (Å²) < 4.78 is 13.7. The molecule has 0 atom stereocenters. The number of halogens is 1. The summed E-state index contributed by atoms with van der Waals surface area (Å²) in [5, 5.41) is 5.53. The molecular formula is C19H18FN. The van der Waals surface area contributed by atoms with Crippen LogP contribution in [0.2, 0.25) is 0 Å². The summed E-state index contributed by atoms with van der Waals surface area (Å²) in [5.74, 6) is -0.200. The van der Waals surface area contributed by atoms with Crippen LogP contribution < -0.4 is 5.32 Å². The van der Waals surface area contributed by atoms with Crippen LogP contribution >= 0.6 is 0 Å². The molecule has 0 aliphatic heterocycles. The van der Waals surface area contributed by atoms with Crippen LogP contribution in [0.25, 0.3) is 21.9 Å². The molecule has 0 bridgehead atoms. The Morgan fingerprint density at radius 3 is 2.43 bits per heavy atom. The zero-order valence-corrected chi connectivity index (χ0v) is 12.3. The van der Waals surface area contributed by atoms with Gasteiger partial charge in [0.2, 0.25) is 0 Å². The highest BCUT2D eigenvalue weighted by Crippen LogP contribution is 2.33. The Labute approximate surface area is 124 Å². The molecule has 0 saturated heterocycles. The van der Waals surface area contributed by atoms with Gasteiger partial charge in [-0.3, -0.25) is 0 Å². The molecule has 106 valence electrons. The molecule has 3 rings (SSSR count). The minimum atomic E-state index is -0.200. The van der Waals surface area contributed by atoms with E-state index in [2.05, 4.69) is 36.5 Å². The van der Waals surface area contributed by atoms with Crippen LogP contribution in [0, 0.1) is 12.7 Å². The smallest absolute Gasteiger partial charge is 0.123 e. The average molecular weight is 279 g/mol. The predicted molar refractivity (Wildman–Crippen MR) is 86.8 cm³/mol. The van der Waals surface area contributed by atoms with Crippen molar-refractivity contribution in [1.29, 1.82) is 0 Å². The van der Waals surface area contributed by atoms with E-state index in [1.807, 2.05) is 25.2 Å². The number of rotatable bonds is 3. The van der Waals surface area contributed by atoms with Crippen LogP contribution in [0.5, 0.6) is 0 Å². The molecule has 1 N–H and O–H groups in total. The van der Waals surface area contributed by atoms with Gasteiger partial charge in [-0.1, -0.05) is 42.5 Å². The van der Waals surface area contributed by atoms with Crippen LogP contribution in [-0.4, -0.2) is 7.05 Å². The van der Waals surface area contributed by atoms with Gasteiger partial charge in [-0.15, -0.1) is 0 Å². The van der Waals surface area contributed by atoms with Crippen molar-refractivity contribution in [2.75, 3.05) is 7.05 Å². The lowest BCUT2D eigenvalue weighted by atomic mass is 9.92. The van der Waals surface area contributed by atoms with Gasteiger partial charge in [0.15, 0.2) is 0 Å². The summed E-state index contributed by atoms with van der Waals surface area (Å²) in [6, 6.07) is 17.5. The SMILES string of the molecule is CNCc1ccc(F)cc1-c1ccc(C)c2ccccc12. The second kappa shape index (κ2) is 5.66. The minimum Gasteiger partial charge on any atom is -0.316 e. The van der Waals surface area contributed by atoms with Crippen LogP contribution in [0.3, 0.4) is 0 Å². The van der Waals surface area contributed by atoms with E-state index >= 15 is 0 Å². The molecule has 0 aromatic heterocycles. The van der Waals surface area contributed by atoms with Crippen LogP contribution in [0.4, 0.5) is 4.39 Å². The zero-order chi connectivity index (χ0) is 14.8. The van der Waals surface area contributed by atoms with E-state index in [1.165, 1.54) is 22.4 Å². The standard InChI is InChI=1S/C19H18FN/c1-13-7-10-18(17-6-4-3-5-16(13)17)19-11-15(20)9-8-14(19)12-21-2/h3-11,21H,12H2,1-2H3. The van der Waals surface area contributed by atoms with E-state index in [4.69, 9.17) is 0 Å². The molecule has 0 aliphatic carbocycles. The van der Waals surface area contributed by atoms with Crippen molar-refractivity contribution in [1.82, 2.24) is 5.32 Å². The maximum Gasteiger partial charge on any atom is 0.123 e. The number of hydrogen-bond donors (Lipinski definition) is 1. The molecule has 0 heterocycles. The second-order valence-corrected chi connectivity index (χ2v) is 5.31. The molecule has 0 amide bonds. The van der Waals surface area contributed by atoms with Crippen LogP contribution in [-0.2, 0) is 6.54 Å². The largest absolute Gasteiger partial charge is 0.316 e. The van der Waals surface area contributed by atoms with Gasteiger partial charge >= 0.3 is 0 Å². The van der Waals surface area contributed by atoms with Crippen molar-refractivity contribution in [3.63, 3.8) is 0 Å². The first-order chi connectivity index (χ1) is 10.2. The topological polar surface area (TPSA) is 12.0 Å². The Hall–Kier alpha value is -2.19. The number of fused-ring (bicyclic) bond motifs is 1. The summed E-state index contributed by atoms with van der Waals surface area (Å²) >= 11 is 0. The lowest BCUT2D eigenvalue weighted by molar-refractivity contribution is 0.627. The summed E-state index contributed by atoms with van der Waals surface area (Å²) in [6.07, 6.45) is 0. The van der Waals surface area contributed by atoms with Gasteiger partial charge in [-0.2, -0.15) is 0 Å². The molecule has 0 aliphatic rings. The molecule has 0 radical (unpaired) electrons. The molecule has 0 unspecified atom stereocenters. The first-order valence-corrected chi connectivity index (χ1v) is 7.12. The van der Waals surface area contributed by atoms with Crippen molar-refractivity contribution < 1.29 is 4.39 Å². The van der Waals surface area contributed by atoms with Crippen molar-refractivity contribution in [2.24, 2.45) is 0 Å². The zero-order valence-electron chi connectivity index (χ0n) is 12.3. The van der Waals surface area contributed by atoms with Crippen molar-refractivity contribution in [3.8, 4) is 11.1 Å². The highest BCUT2D eigenvalue weighted by atomic mass is 19.1. The third kappa shape index (κ3) is 2.55. The third-order valence-electron chi connectivity index (χ3n) is 3.87. The fourth-order valence-corrected chi connectivity index (χ4v) is 2.83. The predicted octanol–water partition coefficient (Wildman–Crippen LogP) is 4.67. The van der Waals surface area contributed by atoms with Gasteiger partial charge in [0.1, 0.15) is 5.82 Å². The lowest BCUT2D eigenvalue weighted by Crippen LogP contribution is -2.06. The van der Waals surface area contributed by atoms with Crippen LogP contribution in [0.15, 0.2) is 54.6 Å². The lowest BCUT2D eigenvalue weighted by Gasteiger charge is -2.13. The number of benzene rings is 3. The van der Waals surface area contributed by atoms with E-state index in [0.717, 1.165) is 23.2 Å². The monoisotopic (exact) mass is 279 g/mol. The fourth-order valence-electron chi connectivity index (χ4n) is 2.83. The second-order valence-electron chi connectivity index (χ2n) is 5.31. The highest BCUT2D eigenvalue weighted by Gasteiger charge is 2.10. The molecule has 21 heavy (non-hydrogen) atoms. The molecule has 2 heteroatoms. The summed E-state index contributed by atoms with van der Waals surface area (Å²) in [6.45, 7) is 2.82. The van der Waals surface area contributed by atoms with E-state index in [9.17, 15) is 4.39 Å². The Bertz CT molecular complexity index is 793. The molecule has 3 aromatic carbocycles. The molecule has 1 nitrogen and oxygen atoms in total. The van der Waals surface area contributed by atoms with Crippen molar-refractivity contribution >= 4 is 10.8 Å². The van der Waals surface area contributed by atoms with Gasteiger partial charge in [-0.05, 0) is 59.1 Å². The Morgan fingerprint density at radius 1 is 0.905 bits per heavy atom. The maximum absolute atomic E-state index is 13.7. The van der Waals surface area contributed by atoms with Gasteiger partial charge < -0.3 is 5.32 Å². The fraction of sp³-hybridized carbons (Fsp3) is 0.158. The summed E-state index contributed by atoms with van der Waals surface area (Å²) in [4.78, 5) is 0. The number of hydrogen-bond acceptors (Lipinski definition) is 1. The van der Waals surface area contributed by atoms with E-state index in [-0.39, 0.29) is 5.82 Å². The molecule has 0 fully saturated rings.